The number of pyridine rings is 1. The Balaban J connectivity index is 2.54. The average molecular weight is 306 g/mol. The van der Waals surface area contributed by atoms with E-state index in [1.807, 2.05) is 39.8 Å². The van der Waals surface area contributed by atoms with Gasteiger partial charge in [-0.15, -0.1) is 0 Å². The second kappa shape index (κ2) is 7.35. The number of hydrogen-bond acceptors (Lipinski definition) is 4. The van der Waals surface area contributed by atoms with Gasteiger partial charge in [-0.25, -0.2) is 4.98 Å². The van der Waals surface area contributed by atoms with Crippen LogP contribution in [0.25, 0.3) is 0 Å². The number of carbonyl (C=O) groups excluding carboxylic acids is 2. The summed E-state index contributed by atoms with van der Waals surface area (Å²) in [6.45, 7) is 9.53. The molecule has 1 aromatic rings. The van der Waals surface area contributed by atoms with Crippen LogP contribution in [0.1, 0.15) is 33.4 Å². The smallest absolute Gasteiger partial charge is 0.239 e. The Hall–Kier alpha value is -1.95. The second-order valence-corrected chi connectivity index (χ2v) is 6.54. The fraction of sp³-hybridized carbons (Fsp3) is 0.562. The molecule has 0 radical (unpaired) electrons. The highest BCUT2D eigenvalue weighted by atomic mass is 16.2. The number of rotatable bonds is 5. The Morgan fingerprint density at radius 1 is 1.32 bits per heavy atom. The molecule has 0 saturated heterocycles. The van der Waals surface area contributed by atoms with Crippen LogP contribution in [-0.2, 0) is 9.59 Å². The van der Waals surface area contributed by atoms with E-state index in [1.54, 1.807) is 24.9 Å². The quantitative estimate of drug-likeness (QED) is 0.866. The number of amides is 2. The third-order valence-electron chi connectivity index (χ3n) is 3.09. The number of aryl methyl sites for hydroxylation is 1. The first-order valence-corrected chi connectivity index (χ1v) is 7.34. The number of hydrogen-bond donors (Lipinski definition) is 2. The van der Waals surface area contributed by atoms with E-state index >= 15 is 0 Å². The maximum absolute atomic E-state index is 12.1. The molecule has 0 aliphatic carbocycles. The summed E-state index contributed by atoms with van der Waals surface area (Å²) in [4.78, 5) is 30.0. The van der Waals surface area contributed by atoms with E-state index in [2.05, 4.69) is 15.6 Å². The minimum atomic E-state index is -0.393. The fourth-order valence-corrected chi connectivity index (χ4v) is 1.83. The highest BCUT2D eigenvalue weighted by Crippen LogP contribution is 2.05. The van der Waals surface area contributed by atoms with Crippen molar-refractivity contribution in [2.45, 2.75) is 46.2 Å². The van der Waals surface area contributed by atoms with Gasteiger partial charge < -0.3 is 10.6 Å². The van der Waals surface area contributed by atoms with E-state index in [1.165, 1.54) is 0 Å². The summed E-state index contributed by atoms with van der Waals surface area (Å²) in [6, 6.07) is 5.04. The third kappa shape index (κ3) is 6.22. The number of aromatic nitrogens is 1. The summed E-state index contributed by atoms with van der Waals surface area (Å²) < 4.78 is 0. The molecule has 2 N–H and O–H groups in total. The van der Waals surface area contributed by atoms with Gasteiger partial charge in [0.2, 0.25) is 11.8 Å². The fourth-order valence-electron chi connectivity index (χ4n) is 1.83. The van der Waals surface area contributed by atoms with Gasteiger partial charge in [0.05, 0.1) is 12.6 Å². The van der Waals surface area contributed by atoms with Crippen LogP contribution in [0.3, 0.4) is 0 Å². The van der Waals surface area contributed by atoms with E-state index in [0.717, 1.165) is 5.69 Å². The van der Waals surface area contributed by atoms with Crippen molar-refractivity contribution in [3.63, 3.8) is 0 Å². The van der Waals surface area contributed by atoms with Crippen molar-refractivity contribution in [3.05, 3.63) is 23.9 Å². The highest BCUT2D eigenvalue weighted by molar-refractivity contribution is 5.92. The normalized spacial score (nSPS) is 12.9. The van der Waals surface area contributed by atoms with Crippen LogP contribution in [0.15, 0.2) is 18.2 Å². The van der Waals surface area contributed by atoms with Gasteiger partial charge in [-0.2, -0.15) is 0 Å². The van der Waals surface area contributed by atoms with Crippen LogP contribution in [0.2, 0.25) is 0 Å². The Morgan fingerprint density at radius 2 is 1.95 bits per heavy atom. The molecule has 0 spiro atoms. The van der Waals surface area contributed by atoms with Crippen molar-refractivity contribution >= 4 is 17.6 Å². The van der Waals surface area contributed by atoms with E-state index in [0.29, 0.717) is 5.82 Å². The lowest BCUT2D eigenvalue weighted by Crippen LogP contribution is -2.51. The Labute approximate surface area is 132 Å². The van der Waals surface area contributed by atoms with Gasteiger partial charge in [-0.1, -0.05) is 6.07 Å². The lowest BCUT2D eigenvalue weighted by atomic mass is 10.1. The Kier molecular flexibility index (Phi) is 6.05. The minimum absolute atomic E-state index is 0.100. The molecular weight excluding hydrogens is 280 g/mol. The van der Waals surface area contributed by atoms with Crippen molar-refractivity contribution < 1.29 is 9.59 Å². The van der Waals surface area contributed by atoms with E-state index < -0.39 is 6.04 Å². The molecule has 2 amide bonds. The molecule has 0 aromatic carbocycles. The molecule has 6 heteroatoms. The van der Waals surface area contributed by atoms with Gasteiger partial charge in [0.25, 0.3) is 0 Å². The van der Waals surface area contributed by atoms with Crippen LogP contribution >= 0.6 is 0 Å². The molecule has 22 heavy (non-hydrogen) atoms. The van der Waals surface area contributed by atoms with Crippen molar-refractivity contribution in [2.24, 2.45) is 0 Å². The van der Waals surface area contributed by atoms with Gasteiger partial charge in [-0.05, 0) is 53.8 Å². The molecule has 0 aliphatic rings. The van der Waals surface area contributed by atoms with E-state index in [4.69, 9.17) is 0 Å². The maximum atomic E-state index is 12.1. The lowest BCUT2D eigenvalue weighted by Gasteiger charge is -2.28. The maximum Gasteiger partial charge on any atom is 0.239 e. The second-order valence-electron chi connectivity index (χ2n) is 6.54. The first-order chi connectivity index (χ1) is 10.1. The predicted octanol–water partition coefficient (Wildman–Crippen LogP) is 1.56. The van der Waals surface area contributed by atoms with E-state index in [-0.39, 0.29) is 23.9 Å². The average Bonchev–Trinajstić information content (AvgIpc) is 2.35. The number of nitrogens with zero attached hydrogens (tertiary/aromatic N) is 2. The lowest BCUT2D eigenvalue weighted by molar-refractivity contribution is -0.127. The van der Waals surface area contributed by atoms with Crippen LogP contribution in [-0.4, -0.2) is 46.9 Å². The highest BCUT2D eigenvalue weighted by Gasteiger charge is 2.23. The predicted molar refractivity (Wildman–Crippen MR) is 87.6 cm³/mol. The molecule has 1 rings (SSSR count). The standard InChI is InChI=1S/C16H26N4O2/c1-11-8-7-9-13(17-11)18-14(21)10-20(6)12(2)15(22)19-16(3,4)5/h7-9,12H,10H2,1-6H3,(H,19,22)(H,17,18,21)/t12-/m0/s1. The summed E-state index contributed by atoms with van der Waals surface area (Å²) in [6.07, 6.45) is 0. The zero-order valence-electron chi connectivity index (χ0n) is 14.2. The van der Waals surface area contributed by atoms with Crippen LogP contribution in [0, 0.1) is 6.92 Å². The molecule has 1 heterocycles. The zero-order valence-corrected chi connectivity index (χ0v) is 14.2. The molecule has 122 valence electrons. The largest absolute Gasteiger partial charge is 0.350 e. The number of anilines is 1. The zero-order chi connectivity index (χ0) is 16.9. The molecule has 1 aromatic heterocycles. The van der Waals surface area contributed by atoms with E-state index in [9.17, 15) is 9.59 Å². The summed E-state index contributed by atoms with van der Waals surface area (Å²) >= 11 is 0. The van der Waals surface area contributed by atoms with Gasteiger partial charge in [-0.3, -0.25) is 14.5 Å². The van der Waals surface area contributed by atoms with Crippen molar-refractivity contribution in [1.82, 2.24) is 15.2 Å². The number of carbonyl (C=O) groups is 2. The first-order valence-electron chi connectivity index (χ1n) is 7.34. The first kappa shape index (κ1) is 18.1. The van der Waals surface area contributed by atoms with Gasteiger partial charge in [0, 0.05) is 11.2 Å². The Morgan fingerprint density at radius 3 is 2.50 bits per heavy atom. The van der Waals surface area contributed by atoms with Crippen LogP contribution in [0.5, 0.6) is 0 Å². The minimum Gasteiger partial charge on any atom is -0.350 e. The molecule has 6 nitrogen and oxygen atoms in total. The molecule has 0 unspecified atom stereocenters. The SMILES string of the molecule is Cc1cccc(NC(=O)CN(C)[C@@H](C)C(=O)NC(C)(C)C)n1. The molecule has 0 bridgehead atoms. The number of nitrogens with one attached hydrogen (secondary N) is 2. The number of likely N-dealkylation sites (N-methyl/N-ethyl adjacent to an activating group) is 1. The molecule has 0 fully saturated rings. The van der Waals surface area contributed by atoms with Crippen LogP contribution < -0.4 is 10.6 Å². The van der Waals surface area contributed by atoms with Gasteiger partial charge in [0.1, 0.15) is 5.82 Å². The summed E-state index contributed by atoms with van der Waals surface area (Å²) in [5, 5.41) is 5.64. The topological polar surface area (TPSA) is 74.3 Å². The van der Waals surface area contributed by atoms with Gasteiger partial charge >= 0.3 is 0 Å². The van der Waals surface area contributed by atoms with Crippen LogP contribution in [0.4, 0.5) is 5.82 Å². The van der Waals surface area contributed by atoms with Crippen molar-refractivity contribution in [2.75, 3.05) is 18.9 Å². The molecule has 0 saturated carbocycles. The third-order valence-corrected chi connectivity index (χ3v) is 3.09. The van der Waals surface area contributed by atoms with Gasteiger partial charge in [0.15, 0.2) is 0 Å². The monoisotopic (exact) mass is 306 g/mol. The Bertz CT molecular complexity index is 537. The summed E-state index contributed by atoms with van der Waals surface area (Å²) in [5.41, 5.74) is 0.545. The molecule has 0 aliphatic heterocycles. The van der Waals surface area contributed by atoms with Crippen molar-refractivity contribution in [3.8, 4) is 0 Å². The molecular formula is C16H26N4O2. The van der Waals surface area contributed by atoms with Crippen molar-refractivity contribution in [1.29, 1.82) is 0 Å². The molecule has 1 atom stereocenters. The summed E-state index contributed by atoms with van der Waals surface area (Å²) in [7, 11) is 1.75. The summed E-state index contributed by atoms with van der Waals surface area (Å²) in [5.74, 6) is 0.220.